The molecule has 4 nitrogen and oxygen atoms in total. The smallest absolute Gasteiger partial charge is 0.155 e. The molecule has 0 N–H and O–H groups in total. The molecule has 0 unspecified atom stereocenters. The van der Waals surface area contributed by atoms with E-state index in [9.17, 15) is 0 Å². The molecule has 2 aromatic carbocycles. The molecule has 0 fully saturated rings. The van der Waals surface area contributed by atoms with Crippen LogP contribution in [0.5, 0.6) is 11.5 Å². The fourth-order valence-corrected chi connectivity index (χ4v) is 2.79. The molecule has 0 aliphatic heterocycles. The second kappa shape index (κ2) is 5.80. The zero-order valence-electron chi connectivity index (χ0n) is 12.4. The average molecular weight is 332 g/mol. The van der Waals surface area contributed by atoms with E-state index in [0.29, 0.717) is 22.1 Å². The molecule has 0 aliphatic carbocycles. The van der Waals surface area contributed by atoms with E-state index >= 15 is 0 Å². The molecule has 24 heavy (non-hydrogen) atoms. The highest BCUT2D eigenvalue weighted by atomic mass is 35.5. The molecular formula is C19H10ClN3O. The van der Waals surface area contributed by atoms with E-state index in [1.807, 2.05) is 18.2 Å². The van der Waals surface area contributed by atoms with E-state index in [4.69, 9.17) is 21.6 Å². The Morgan fingerprint density at radius 3 is 2.71 bits per heavy atom. The number of pyridine rings is 2. The number of hydrogen-bond acceptors (Lipinski definition) is 4. The monoisotopic (exact) mass is 331 g/mol. The molecule has 2 heterocycles. The number of fused-ring (bicyclic) bond motifs is 3. The number of ether oxygens (including phenoxy) is 1. The summed E-state index contributed by atoms with van der Waals surface area (Å²) < 4.78 is 5.93. The third kappa shape index (κ3) is 2.51. The van der Waals surface area contributed by atoms with Gasteiger partial charge in [0, 0.05) is 33.6 Å². The summed E-state index contributed by atoms with van der Waals surface area (Å²) in [7, 11) is 0. The van der Waals surface area contributed by atoms with Crippen molar-refractivity contribution in [3.8, 4) is 17.6 Å². The standard InChI is InChI=1S/C19H10ClN3O/c20-13-2-1-3-14(7-13)24-19-11-22-9-16-15-5-4-12(8-21)6-18(15)23-10-17(16)19/h1-7,9-11H. The van der Waals surface area contributed by atoms with Crippen LogP contribution in [0.2, 0.25) is 5.02 Å². The highest BCUT2D eigenvalue weighted by molar-refractivity contribution is 6.30. The number of nitriles is 1. The lowest BCUT2D eigenvalue weighted by molar-refractivity contribution is 0.486. The van der Waals surface area contributed by atoms with Gasteiger partial charge in [0.15, 0.2) is 5.75 Å². The molecule has 4 rings (SSSR count). The van der Waals surface area contributed by atoms with Gasteiger partial charge in [-0.15, -0.1) is 0 Å². The summed E-state index contributed by atoms with van der Waals surface area (Å²) in [4.78, 5) is 8.73. The van der Waals surface area contributed by atoms with E-state index in [1.54, 1.807) is 42.9 Å². The van der Waals surface area contributed by atoms with Crippen molar-refractivity contribution in [3.05, 3.63) is 71.6 Å². The van der Waals surface area contributed by atoms with Gasteiger partial charge in [-0.2, -0.15) is 5.26 Å². The van der Waals surface area contributed by atoms with Crippen molar-refractivity contribution in [1.29, 1.82) is 5.26 Å². The molecule has 0 atom stereocenters. The lowest BCUT2D eigenvalue weighted by atomic mass is 10.1. The summed E-state index contributed by atoms with van der Waals surface area (Å²) in [5, 5.41) is 12.3. The van der Waals surface area contributed by atoms with Crippen LogP contribution in [-0.2, 0) is 0 Å². The van der Waals surface area contributed by atoms with Gasteiger partial charge in [-0.25, -0.2) is 0 Å². The minimum atomic E-state index is 0.577. The van der Waals surface area contributed by atoms with Crippen LogP contribution in [0.25, 0.3) is 21.7 Å². The molecule has 0 bridgehead atoms. The van der Waals surface area contributed by atoms with Gasteiger partial charge in [0.25, 0.3) is 0 Å². The van der Waals surface area contributed by atoms with E-state index in [1.165, 1.54) is 0 Å². The Labute approximate surface area is 142 Å². The maximum absolute atomic E-state index is 9.02. The summed E-state index contributed by atoms with van der Waals surface area (Å²) in [5.41, 5.74) is 1.33. The van der Waals surface area contributed by atoms with Crippen LogP contribution in [0.15, 0.2) is 61.1 Å². The van der Waals surface area contributed by atoms with E-state index in [2.05, 4.69) is 16.0 Å². The summed E-state index contributed by atoms with van der Waals surface area (Å²) in [5.74, 6) is 1.24. The largest absolute Gasteiger partial charge is 0.455 e. The Kier molecular flexibility index (Phi) is 3.49. The summed E-state index contributed by atoms with van der Waals surface area (Å²) in [6.07, 6.45) is 5.16. The predicted molar refractivity (Wildman–Crippen MR) is 93.3 cm³/mol. The van der Waals surface area contributed by atoms with Crippen LogP contribution in [0.1, 0.15) is 5.56 Å². The number of halogens is 1. The Morgan fingerprint density at radius 1 is 0.958 bits per heavy atom. The molecule has 0 spiro atoms. The van der Waals surface area contributed by atoms with Crippen molar-refractivity contribution >= 4 is 33.3 Å². The van der Waals surface area contributed by atoms with Crippen LogP contribution in [0.4, 0.5) is 0 Å². The second-order valence-corrected chi connectivity index (χ2v) is 5.70. The molecule has 5 heteroatoms. The maximum atomic E-state index is 9.02. The summed E-state index contributed by atoms with van der Waals surface area (Å²) in [6, 6.07) is 14.7. The minimum absolute atomic E-state index is 0.577. The van der Waals surface area contributed by atoms with Crippen molar-refractivity contribution in [3.63, 3.8) is 0 Å². The fourth-order valence-electron chi connectivity index (χ4n) is 2.61. The quantitative estimate of drug-likeness (QED) is 0.479. The van der Waals surface area contributed by atoms with Gasteiger partial charge in [-0.3, -0.25) is 9.97 Å². The lowest BCUT2D eigenvalue weighted by Crippen LogP contribution is -1.90. The Morgan fingerprint density at radius 2 is 1.88 bits per heavy atom. The van der Waals surface area contributed by atoms with Crippen molar-refractivity contribution in [2.75, 3.05) is 0 Å². The number of aromatic nitrogens is 2. The number of benzene rings is 2. The Bertz CT molecular complexity index is 1120. The van der Waals surface area contributed by atoms with Crippen LogP contribution in [0.3, 0.4) is 0 Å². The molecule has 4 aromatic rings. The first-order valence-corrected chi connectivity index (χ1v) is 7.62. The third-order valence-corrected chi connectivity index (χ3v) is 3.96. The maximum Gasteiger partial charge on any atom is 0.155 e. The average Bonchev–Trinajstić information content (AvgIpc) is 2.61. The van der Waals surface area contributed by atoms with Gasteiger partial charge in [-0.05, 0) is 30.3 Å². The second-order valence-electron chi connectivity index (χ2n) is 5.26. The molecule has 0 aliphatic rings. The van der Waals surface area contributed by atoms with Crippen LogP contribution in [0, 0.1) is 11.3 Å². The molecule has 0 saturated carbocycles. The van der Waals surface area contributed by atoms with E-state index in [-0.39, 0.29) is 0 Å². The van der Waals surface area contributed by atoms with Gasteiger partial charge in [-0.1, -0.05) is 23.7 Å². The van der Waals surface area contributed by atoms with Crippen LogP contribution in [-0.4, -0.2) is 9.97 Å². The van der Waals surface area contributed by atoms with E-state index in [0.717, 1.165) is 21.7 Å². The zero-order chi connectivity index (χ0) is 16.5. The summed E-state index contributed by atoms with van der Waals surface area (Å²) in [6.45, 7) is 0. The molecule has 114 valence electrons. The van der Waals surface area contributed by atoms with Gasteiger partial charge < -0.3 is 4.74 Å². The molecule has 0 saturated heterocycles. The fraction of sp³-hybridized carbons (Fsp3) is 0. The van der Waals surface area contributed by atoms with E-state index < -0.39 is 0 Å². The first-order chi connectivity index (χ1) is 11.7. The van der Waals surface area contributed by atoms with Crippen molar-refractivity contribution in [2.45, 2.75) is 0 Å². The van der Waals surface area contributed by atoms with Gasteiger partial charge in [0.1, 0.15) is 5.75 Å². The first-order valence-electron chi connectivity index (χ1n) is 7.24. The Balaban J connectivity index is 1.88. The molecular weight excluding hydrogens is 322 g/mol. The predicted octanol–water partition coefficient (Wildman–Crippen LogP) is 5.10. The summed E-state index contributed by atoms with van der Waals surface area (Å²) >= 11 is 6.00. The van der Waals surface area contributed by atoms with Gasteiger partial charge in [0.2, 0.25) is 0 Å². The molecule has 2 aromatic heterocycles. The lowest BCUT2D eigenvalue weighted by Gasteiger charge is -2.10. The minimum Gasteiger partial charge on any atom is -0.455 e. The van der Waals surface area contributed by atoms with Gasteiger partial charge in [0.05, 0.1) is 23.3 Å². The van der Waals surface area contributed by atoms with Crippen LogP contribution >= 0.6 is 11.6 Å². The molecule has 0 amide bonds. The SMILES string of the molecule is N#Cc1ccc2c(c1)ncc1c(Oc3cccc(Cl)c3)cncc12. The third-order valence-electron chi connectivity index (χ3n) is 3.72. The normalized spacial score (nSPS) is 10.7. The van der Waals surface area contributed by atoms with Crippen molar-refractivity contribution < 1.29 is 4.74 Å². The zero-order valence-corrected chi connectivity index (χ0v) is 13.2. The van der Waals surface area contributed by atoms with Crippen molar-refractivity contribution in [1.82, 2.24) is 9.97 Å². The topological polar surface area (TPSA) is 58.8 Å². The number of nitrogens with zero attached hydrogens (tertiary/aromatic N) is 3. The van der Waals surface area contributed by atoms with Crippen LogP contribution < -0.4 is 4.74 Å². The first kappa shape index (κ1) is 14.4. The van der Waals surface area contributed by atoms with Gasteiger partial charge >= 0.3 is 0 Å². The molecule has 0 radical (unpaired) electrons. The number of hydrogen-bond donors (Lipinski definition) is 0. The highest BCUT2D eigenvalue weighted by Crippen LogP contribution is 2.33. The Hall–Kier alpha value is -3.16. The van der Waals surface area contributed by atoms with Crippen molar-refractivity contribution in [2.24, 2.45) is 0 Å². The number of rotatable bonds is 2. The highest BCUT2D eigenvalue weighted by Gasteiger charge is 2.09.